The molecule has 11 heteroatoms. The molecule has 8 nitrogen and oxygen atoms in total. The van der Waals surface area contributed by atoms with Crippen molar-refractivity contribution < 1.29 is 23.2 Å². The minimum absolute atomic E-state index is 0.130. The fourth-order valence-corrected chi connectivity index (χ4v) is 3.63. The Morgan fingerprint density at radius 2 is 1.59 bits per heavy atom. The van der Waals surface area contributed by atoms with Crippen molar-refractivity contribution >= 4 is 35.1 Å². The van der Waals surface area contributed by atoms with Crippen molar-refractivity contribution in [3.05, 3.63) is 64.7 Å². The number of benzene rings is 2. The maximum Gasteiger partial charge on any atom is 0.324 e. The molecule has 0 unspecified atom stereocenters. The SMILES string of the molecule is CCN1CCN(C(=O)N(Cc2ccc(C(=O)NNC(=O)C(F)F)cc2)c2ccc(Cl)cc2)CC1. The van der Waals surface area contributed by atoms with E-state index in [1.54, 1.807) is 46.7 Å². The Morgan fingerprint density at radius 1 is 0.971 bits per heavy atom. The normalized spacial score (nSPS) is 14.1. The highest BCUT2D eigenvalue weighted by molar-refractivity contribution is 6.30. The van der Waals surface area contributed by atoms with Gasteiger partial charge in [0.15, 0.2) is 0 Å². The Morgan fingerprint density at radius 3 is 2.15 bits per heavy atom. The Labute approximate surface area is 201 Å². The molecule has 4 amide bonds. The van der Waals surface area contributed by atoms with Crippen molar-refractivity contribution in [1.29, 1.82) is 0 Å². The molecule has 0 aromatic heterocycles. The second-order valence-electron chi connectivity index (χ2n) is 7.71. The van der Waals surface area contributed by atoms with Crippen LogP contribution in [0.5, 0.6) is 0 Å². The monoisotopic (exact) mass is 493 g/mol. The number of nitrogens with one attached hydrogen (secondary N) is 2. The maximum absolute atomic E-state index is 13.4. The highest BCUT2D eigenvalue weighted by atomic mass is 35.5. The van der Waals surface area contributed by atoms with Gasteiger partial charge in [-0.2, -0.15) is 8.78 Å². The highest BCUT2D eigenvalue weighted by Crippen LogP contribution is 2.22. The first-order valence-electron chi connectivity index (χ1n) is 10.8. The number of urea groups is 1. The molecule has 1 heterocycles. The Kier molecular flexibility index (Phi) is 8.78. The summed E-state index contributed by atoms with van der Waals surface area (Å²) in [5.41, 5.74) is 5.19. The maximum atomic E-state index is 13.4. The van der Waals surface area contributed by atoms with E-state index in [0.717, 1.165) is 25.2 Å². The quantitative estimate of drug-likeness (QED) is 0.605. The minimum atomic E-state index is -3.23. The molecule has 0 atom stereocenters. The molecule has 2 aromatic rings. The Balaban J connectivity index is 1.72. The molecule has 34 heavy (non-hydrogen) atoms. The molecule has 182 valence electrons. The largest absolute Gasteiger partial charge is 0.324 e. The molecule has 1 aliphatic heterocycles. The van der Waals surface area contributed by atoms with Gasteiger partial charge in [0.25, 0.3) is 5.91 Å². The van der Waals surface area contributed by atoms with Crippen LogP contribution in [0.1, 0.15) is 22.8 Å². The highest BCUT2D eigenvalue weighted by Gasteiger charge is 2.26. The van der Waals surface area contributed by atoms with Crippen molar-refractivity contribution in [2.45, 2.75) is 19.9 Å². The first-order valence-corrected chi connectivity index (χ1v) is 11.2. The predicted octanol–water partition coefficient (Wildman–Crippen LogP) is 3.13. The van der Waals surface area contributed by atoms with Crippen molar-refractivity contribution in [1.82, 2.24) is 20.7 Å². The van der Waals surface area contributed by atoms with E-state index in [4.69, 9.17) is 11.6 Å². The summed E-state index contributed by atoms with van der Waals surface area (Å²) >= 11 is 6.02. The van der Waals surface area contributed by atoms with Crippen LogP contribution >= 0.6 is 11.6 Å². The van der Waals surface area contributed by atoms with Crippen LogP contribution in [0.15, 0.2) is 48.5 Å². The zero-order chi connectivity index (χ0) is 24.7. The predicted molar refractivity (Wildman–Crippen MR) is 125 cm³/mol. The van der Waals surface area contributed by atoms with Crippen molar-refractivity contribution in [3.8, 4) is 0 Å². The lowest BCUT2D eigenvalue weighted by molar-refractivity contribution is -0.132. The number of alkyl halides is 2. The number of anilines is 1. The number of piperazine rings is 1. The first kappa shape index (κ1) is 25.4. The van der Waals surface area contributed by atoms with Crippen molar-refractivity contribution in [2.24, 2.45) is 0 Å². The summed E-state index contributed by atoms with van der Waals surface area (Å²) in [7, 11) is 0. The van der Waals surface area contributed by atoms with Crippen LogP contribution in [0.3, 0.4) is 0 Å². The summed E-state index contributed by atoms with van der Waals surface area (Å²) < 4.78 is 24.5. The van der Waals surface area contributed by atoms with Gasteiger partial charge in [-0.1, -0.05) is 30.7 Å². The number of carbonyl (C=O) groups is 3. The van der Waals surface area contributed by atoms with E-state index in [1.807, 2.05) is 10.3 Å². The van der Waals surface area contributed by atoms with Gasteiger partial charge in [0.2, 0.25) is 0 Å². The van der Waals surface area contributed by atoms with Gasteiger partial charge in [0.05, 0.1) is 6.54 Å². The molecule has 2 N–H and O–H groups in total. The number of nitrogens with zero attached hydrogens (tertiary/aromatic N) is 3. The average Bonchev–Trinajstić information content (AvgIpc) is 2.86. The van der Waals surface area contributed by atoms with E-state index in [1.165, 1.54) is 12.1 Å². The summed E-state index contributed by atoms with van der Waals surface area (Å²) in [6.07, 6.45) is -3.23. The molecule has 0 saturated carbocycles. The van der Waals surface area contributed by atoms with Gasteiger partial charge < -0.3 is 9.80 Å². The fraction of sp³-hybridized carbons (Fsp3) is 0.348. The fourth-order valence-electron chi connectivity index (χ4n) is 3.51. The topological polar surface area (TPSA) is 85.0 Å². The molecular formula is C23H26ClF2N5O3. The Hall–Kier alpha value is -3.24. The van der Waals surface area contributed by atoms with E-state index in [-0.39, 0.29) is 18.1 Å². The molecule has 0 aliphatic carbocycles. The number of hydrogen-bond acceptors (Lipinski definition) is 4. The lowest BCUT2D eigenvalue weighted by atomic mass is 10.1. The summed E-state index contributed by atoms with van der Waals surface area (Å²) in [4.78, 5) is 42.1. The smallest absolute Gasteiger partial charge is 0.322 e. The van der Waals surface area contributed by atoms with Gasteiger partial charge in [0.1, 0.15) is 0 Å². The van der Waals surface area contributed by atoms with Gasteiger partial charge in [-0.25, -0.2) is 4.79 Å². The van der Waals surface area contributed by atoms with Crippen molar-refractivity contribution in [3.63, 3.8) is 0 Å². The molecule has 0 bridgehead atoms. The van der Waals surface area contributed by atoms with Crippen molar-refractivity contribution in [2.75, 3.05) is 37.6 Å². The number of hydrazine groups is 1. The van der Waals surface area contributed by atoms with Crippen LogP contribution in [0, 0.1) is 0 Å². The number of halogens is 3. The average molecular weight is 494 g/mol. The number of amides is 4. The van der Waals surface area contributed by atoms with E-state index < -0.39 is 18.2 Å². The molecule has 1 saturated heterocycles. The Bertz CT molecular complexity index is 997. The summed E-state index contributed by atoms with van der Waals surface area (Å²) in [6, 6.07) is 13.2. The van der Waals surface area contributed by atoms with Crippen LogP contribution in [0.2, 0.25) is 5.02 Å². The van der Waals surface area contributed by atoms with Gasteiger partial charge in [-0.15, -0.1) is 0 Å². The first-order chi connectivity index (χ1) is 16.3. The molecule has 3 rings (SSSR count). The zero-order valence-corrected chi connectivity index (χ0v) is 19.4. The minimum Gasteiger partial charge on any atom is -0.322 e. The van der Waals surface area contributed by atoms with Gasteiger partial charge in [-0.3, -0.25) is 25.3 Å². The summed E-state index contributed by atoms with van der Waals surface area (Å²) in [5, 5.41) is 0.557. The molecule has 2 aromatic carbocycles. The third-order valence-corrected chi connectivity index (χ3v) is 5.77. The van der Waals surface area contributed by atoms with Crippen LogP contribution in [0.4, 0.5) is 19.3 Å². The number of rotatable bonds is 6. The lowest BCUT2D eigenvalue weighted by Crippen LogP contribution is -2.52. The second-order valence-corrected chi connectivity index (χ2v) is 8.14. The van der Waals surface area contributed by atoms with Gasteiger partial charge >= 0.3 is 18.4 Å². The van der Waals surface area contributed by atoms with E-state index in [9.17, 15) is 23.2 Å². The van der Waals surface area contributed by atoms with Crippen LogP contribution < -0.4 is 15.8 Å². The number of hydrogen-bond donors (Lipinski definition) is 2. The summed E-state index contributed by atoms with van der Waals surface area (Å²) in [5.74, 6) is -2.33. The molecular weight excluding hydrogens is 468 g/mol. The van der Waals surface area contributed by atoms with Crippen LogP contribution in [0.25, 0.3) is 0 Å². The third-order valence-electron chi connectivity index (χ3n) is 5.51. The summed E-state index contributed by atoms with van der Waals surface area (Å²) in [6.45, 7) is 6.15. The lowest BCUT2D eigenvalue weighted by Gasteiger charge is -2.37. The molecule has 1 fully saturated rings. The standard InChI is InChI=1S/C23H26ClF2N5O3/c1-2-29-11-13-30(14-12-29)23(34)31(19-9-7-18(24)8-10-19)15-16-3-5-17(6-4-16)21(32)27-28-22(33)20(25)26/h3-10,20H,2,11-15H2,1H3,(H,27,32)(H,28,33). The molecule has 0 spiro atoms. The number of carbonyl (C=O) groups excluding carboxylic acids is 3. The van der Waals surface area contributed by atoms with Gasteiger partial charge in [0, 0.05) is 42.5 Å². The van der Waals surface area contributed by atoms with E-state index in [2.05, 4.69) is 11.8 Å². The van der Waals surface area contributed by atoms with E-state index in [0.29, 0.717) is 23.8 Å². The van der Waals surface area contributed by atoms with Gasteiger partial charge in [-0.05, 0) is 48.5 Å². The molecule has 0 radical (unpaired) electrons. The second kappa shape index (κ2) is 11.8. The zero-order valence-electron chi connectivity index (χ0n) is 18.6. The number of likely N-dealkylation sites (N-methyl/N-ethyl adjacent to an activating group) is 1. The van der Waals surface area contributed by atoms with Crippen LogP contribution in [-0.2, 0) is 11.3 Å². The third kappa shape index (κ3) is 6.64. The molecule has 1 aliphatic rings. The van der Waals surface area contributed by atoms with Crippen LogP contribution in [-0.4, -0.2) is 66.8 Å². The van der Waals surface area contributed by atoms with E-state index >= 15 is 0 Å².